The Kier molecular flexibility index (Phi) is 4.83. The third kappa shape index (κ3) is 4.30. The first-order valence-corrected chi connectivity index (χ1v) is 6.94. The summed E-state index contributed by atoms with van der Waals surface area (Å²) < 4.78 is 1.13. The Morgan fingerprint density at radius 2 is 1.76 bits per heavy atom. The molecule has 0 aliphatic carbocycles. The van der Waals surface area contributed by atoms with Crippen LogP contribution in [-0.2, 0) is 0 Å². The summed E-state index contributed by atoms with van der Waals surface area (Å²) in [5.74, 6) is 0. The summed E-state index contributed by atoms with van der Waals surface area (Å²) in [5, 5.41) is 3.45. The van der Waals surface area contributed by atoms with Crippen molar-refractivity contribution in [3.05, 3.63) is 28.7 Å². The van der Waals surface area contributed by atoms with Crippen molar-refractivity contribution < 1.29 is 0 Å². The number of halogens is 1. The highest BCUT2D eigenvalue weighted by Crippen LogP contribution is 2.13. The summed E-state index contributed by atoms with van der Waals surface area (Å²) in [4.78, 5) is 4.91. The zero-order chi connectivity index (χ0) is 12.1. The van der Waals surface area contributed by atoms with E-state index in [1.807, 2.05) is 0 Å². The van der Waals surface area contributed by atoms with Gasteiger partial charge in [0.1, 0.15) is 0 Å². The fourth-order valence-corrected chi connectivity index (χ4v) is 2.26. The highest BCUT2D eigenvalue weighted by Gasteiger charge is 2.12. The minimum Gasteiger partial charge on any atom is -0.384 e. The molecule has 3 nitrogen and oxygen atoms in total. The Morgan fingerprint density at radius 3 is 2.41 bits per heavy atom. The van der Waals surface area contributed by atoms with Crippen LogP contribution in [0.25, 0.3) is 0 Å². The molecule has 4 heteroatoms. The summed E-state index contributed by atoms with van der Waals surface area (Å²) in [6.07, 6.45) is 0. The summed E-state index contributed by atoms with van der Waals surface area (Å²) >= 11 is 3.44. The Morgan fingerprint density at radius 1 is 1.12 bits per heavy atom. The maximum absolute atomic E-state index is 3.45. The number of hydrogen-bond donors (Lipinski definition) is 1. The molecular formula is C13H20BrN3. The standard InChI is InChI=1S/C13H20BrN3/c1-16-8-10-17(11-9-16)7-6-15-13-4-2-12(14)3-5-13/h2-5,15H,6-11H2,1H3. The second-order valence-corrected chi connectivity index (χ2v) is 5.49. The van der Waals surface area contributed by atoms with Crippen molar-refractivity contribution in [3.8, 4) is 0 Å². The molecule has 94 valence electrons. The molecule has 0 spiro atoms. The molecular weight excluding hydrogens is 278 g/mol. The smallest absolute Gasteiger partial charge is 0.0341 e. The Balaban J connectivity index is 1.67. The Bertz CT molecular complexity index is 331. The molecule has 1 heterocycles. The molecule has 17 heavy (non-hydrogen) atoms. The molecule has 1 N–H and O–H groups in total. The van der Waals surface area contributed by atoms with E-state index in [0.717, 1.165) is 17.6 Å². The van der Waals surface area contributed by atoms with Gasteiger partial charge in [0.05, 0.1) is 0 Å². The van der Waals surface area contributed by atoms with Gasteiger partial charge in [0.15, 0.2) is 0 Å². The lowest BCUT2D eigenvalue weighted by Crippen LogP contribution is -2.45. The highest BCUT2D eigenvalue weighted by molar-refractivity contribution is 9.10. The third-order valence-corrected chi connectivity index (χ3v) is 3.73. The summed E-state index contributed by atoms with van der Waals surface area (Å²) in [5.41, 5.74) is 1.20. The first kappa shape index (κ1) is 12.9. The summed E-state index contributed by atoms with van der Waals surface area (Å²) in [6, 6.07) is 8.35. The molecule has 1 aliphatic rings. The van der Waals surface area contributed by atoms with Crippen molar-refractivity contribution in [1.29, 1.82) is 0 Å². The van der Waals surface area contributed by atoms with E-state index in [9.17, 15) is 0 Å². The number of hydrogen-bond acceptors (Lipinski definition) is 3. The van der Waals surface area contributed by atoms with E-state index in [4.69, 9.17) is 0 Å². The van der Waals surface area contributed by atoms with Gasteiger partial charge in [-0.1, -0.05) is 15.9 Å². The van der Waals surface area contributed by atoms with E-state index in [2.05, 4.69) is 62.4 Å². The minimum absolute atomic E-state index is 1.02. The lowest BCUT2D eigenvalue weighted by Gasteiger charge is -2.32. The Hall–Kier alpha value is -0.580. The van der Waals surface area contributed by atoms with E-state index < -0.39 is 0 Å². The number of rotatable bonds is 4. The molecule has 1 aromatic rings. The first-order chi connectivity index (χ1) is 8.24. The van der Waals surface area contributed by atoms with Crippen LogP contribution in [0.15, 0.2) is 28.7 Å². The quantitative estimate of drug-likeness (QED) is 0.918. The lowest BCUT2D eigenvalue weighted by molar-refractivity contribution is 0.158. The van der Waals surface area contributed by atoms with Crippen LogP contribution in [0, 0.1) is 0 Å². The van der Waals surface area contributed by atoms with Crippen molar-refractivity contribution >= 4 is 21.6 Å². The van der Waals surface area contributed by atoms with Crippen LogP contribution in [0.4, 0.5) is 5.69 Å². The van der Waals surface area contributed by atoms with E-state index >= 15 is 0 Å². The van der Waals surface area contributed by atoms with Gasteiger partial charge in [-0.2, -0.15) is 0 Å². The molecule has 1 aliphatic heterocycles. The molecule has 0 saturated carbocycles. The molecule has 1 aromatic carbocycles. The highest BCUT2D eigenvalue weighted by atomic mass is 79.9. The van der Waals surface area contributed by atoms with Gasteiger partial charge in [0, 0.05) is 49.4 Å². The van der Waals surface area contributed by atoms with Gasteiger partial charge in [-0.05, 0) is 31.3 Å². The van der Waals surface area contributed by atoms with Crippen LogP contribution in [-0.4, -0.2) is 56.1 Å². The van der Waals surface area contributed by atoms with Crippen LogP contribution in [0.5, 0.6) is 0 Å². The normalized spacial score (nSPS) is 18.2. The summed E-state index contributed by atoms with van der Waals surface area (Å²) in [6.45, 7) is 6.92. The molecule has 2 rings (SSSR count). The van der Waals surface area contributed by atoms with Gasteiger partial charge in [-0.25, -0.2) is 0 Å². The maximum atomic E-state index is 3.45. The first-order valence-electron chi connectivity index (χ1n) is 6.14. The number of anilines is 1. The SMILES string of the molecule is CN1CCN(CCNc2ccc(Br)cc2)CC1. The molecule has 0 amide bonds. The topological polar surface area (TPSA) is 18.5 Å². The van der Waals surface area contributed by atoms with Gasteiger partial charge in [0.2, 0.25) is 0 Å². The third-order valence-electron chi connectivity index (χ3n) is 3.20. The number of nitrogens with zero attached hydrogens (tertiary/aromatic N) is 2. The zero-order valence-corrected chi connectivity index (χ0v) is 11.9. The van der Waals surface area contributed by atoms with Crippen molar-refractivity contribution in [1.82, 2.24) is 9.80 Å². The lowest BCUT2D eigenvalue weighted by atomic mass is 10.3. The van der Waals surface area contributed by atoms with Crippen LogP contribution in [0.3, 0.4) is 0 Å². The molecule has 0 aromatic heterocycles. The molecule has 0 unspecified atom stereocenters. The van der Waals surface area contributed by atoms with E-state index in [0.29, 0.717) is 0 Å². The number of likely N-dealkylation sites (N-methyl/N-ethyl adjacent to an activating group) is 1. The number of piperazine rings is 1. The van der Waals surface area contributed by atoms with Gasteiger partial charge in [-0.15, -0.1) is 0 Å². The van der Waals surface area contributed by atoms with Crippen molar-refractivity contribution in [2.45, 2.75) is 0 Å². The van der Waals surface area contributed by atoms with Gasteiger partial charge in [-0.3, -0.25) is 4.90 Å². The largest absolute Gasteiger partial charge is 0.384 e. The molecule has 0 atom stereocenters. The van der Waals surface area contributed by atoms with E-state index in [-0.39, 0.29) is 0 Å². The maximum Gasteiger partial charge on any atom is 0.0341 e. The van der Waals surface area contributed by atoms with E-state index in [1.54, 1.807) is 0 Å². The van der Waals surface area contributed by atoms with Gasteiger partial charge in [0.25, 0.3) is 0 Å². The van der Waals surface area contributed by atoms with Gasteiger partial charge >= 0.3 is 0 Å². The average molecular weight is 298 g/mol. The second-order valence-electron chi connectivity index (χ2n) is 4.58. The fourth-order valence-electron chi connectivity index (χ4n) is 2.00. The molecule has 1 saturated heterocycles. The van der Waals surface area contributed by atoms with Gasteiger partial charge < -0.3 is 10.2 Å². The minimum atomic E-state index is 1.02. The fraction of sp³-hybridized carbons (Fsp3) is 0.538. The monoisotopic (exact) mass is 297 g/mol. The Labute approximate surface area is 112 Å². The zero-order valence-electron chi connectivity index (χ0n) is 10.3. The average Bonchev–Trinajstić information content (AvgIpc) is 2.34. The number of nitrogens with one attached hydrogen (secondary N) is 1. The molecule has 0 radical (unpaired) electrons. The number of benzene rings is 1. The second kappa shape index (κ2) is 6.38. The van der Waals surface area contributed by atoms with Crippen LogP contribution in [0.1, 0.15) is 0 Å². The van der Waals surface area contributed by atoms with Crippen LogP contribution >= 0.6 is 15.9 Å². The van der Waals surface area contributed by atoms with Crippen molar-refractivity contribution in [2.24, 2.45) is 0 Å². The summed E-state index contributed by atoms with van der Waals surface area (Å²) in [7, 11) is 2.19. The molecule has 1 fully saturated rings. The predicted molar refractivity (Wildman–Crippen MR) is 76.6 cm³/mol. The van der Waals surface area contributed by atoms with Crippen molar-refractivity contribution in [3.63, 3.8) is 0 Å². The predicted octanol–water partition coefficient (Wildman–Crippen LogP) is 2.11. The van der Waals surface area contributed by atoms with E-state index in [1.165, 1.54) is 31.9 Å². The molecule has 0 bridgehead atoms. The van der Waals surface area contributed by atoms with Crippen LogP contribution < -0.4 is 5.32 Å². The van der Waals surface area contributed by atoms with Crippen molar-refractivity contribution in [2.75, 3.05) is 51.6 Å². The van der Waals surface area contributed by atoms with Crippen LogP contribution in [0.2, 0.25) is 0 Å².